The molecule has 0 saturated heterocycles. The lowest BCUT2D eigenvalue weighted by Crippen LogP contribution is -2.39. The van der Waals surface area contributed by atoms with Crippen molar-refractivity contribution in [1.29, 1.82) is 0 Å². The normalized spacial score (nSPS) is 13.7. The quantitative estimate of drug-likeness (QED) is 0.434. The Morgan fingerprint density at radius 3 is 2.30 bits per heavy atom. The van der Waals surface area contributed by atoms with Crippen LogP contribution in [0.3, 0.4) is 0 Å². The van der Waals surface area contributed by atoms with Crippen molar-refractivity contribution < 1.29 is 14.7 Å². The first-order valence-electron chi connectivity index (χ1n) is 7.06. The maximum absolute atomic E-state index is 12.9. The van der Waals surface area contributed by atoms with Crippen LogP contribution in [0.2, 0.25) is 0 Å². The number of alkyl halides is 1. The lowest BCUT2D eigenvalue weighted by atomic mass is 9.88. The number of carbonyl (C=O) groups excluding carboxylic acids is 1. The molecule has 3 rings (SSSR count). The predicted molar refractivity (Wildman–Crippen MR) is 89.0 cm³/mol. The fraction of sp³-hybridized carbons (Fsp3) is 0.111. The van der Waals surface area contributed by atoms with Gasteiger partial charge in [0.2, 0.25) is 4.87 Å². The average Bonchev–Trinajstić information content (AvgIpc) is 2.90. The molecule has 2 aromatic carbocycles. The molecule has 0 radical (unpaired) electrons. The molecule has 0 bridgehead atoms. The molecule has 3 aromatic rings. The van der Waals surface area contributed by atoms with Gasteiger partial charge in [-0.05, 0) is 13.0 Å². The number of nitrogens with one attached hydrogen (secondary N) is 1. The summed E-state index contributed by atoms with van der Waals surface area (Å²) in [4.78, 5) is 25.8. The van der Waals surface area contributed by atoms with Gasteiger partial charge in [0.05, 0.1) is 0 Å². The topological polar surface area (TPSA) is 70.2 Å². The number of Topliss-reactive ketones (excluding diaryl/α,β-unsaturated/α-hetero) is 1. The van der Waals surface area contributed by atoms with Crippen molar-refractivity contribution in [2.75, 3.05) is 0 Å². The van der Waals surface area contributed by atoms with E-state index in [1.165, 1.54) is 0 Å². The second-order valence-electron chi connectivity index (χ2n) is 5.33. The van der Waals surface area contributed by atoms with Crippen molar-refractivity contribution in [3.8, 4) is 0 Å². The monoisotopic (exact) mass is 327 g/mol. The Balaban J connectivity index is 2.28. The van der Waals surface area contributed by atoms with Gasteiger partial charge in [0, 0.05) is 27.7 Å². The highest BCUT2D eigenvalue weighted by molar-refractivity contribution is 6.48. The predicted octanol–water partition coefficient (Wildman–Crippen LogP) is 3.88. The fourth-order valence-electron chi connectivity index (χ4n) is 2.83. The van der Waals surface area contributed by atoms with Crippen molar-refractivity contribution in [3.63, 3.8) is 0 Å². The number of aryl methyl sites for hydroxylation is 1. The second kappa shape index (κ2) is 5.56. The zero-order valence-corrected chi connectivity index (χ0v) is 13.1. The highest BCUT2D eigenvalue weighted by Gasteiger charge is 2.49. The van der Waals surface area contributed by atoms with Crippen LogP contribution in [0.5, 0.6) is 0 Å². The van der Waals surface area contributed by atoms with E-state index in [0.29, 0.717) is 11.1 Å². The summed E-state index contributed by atoms with van der Waals surface area (Å²) >= 11 is 6.44. The molecule has 0 amide bonds. The zero-order chi connectivity index (χ0) is 16.6. The molecule has 0 aliphatic heterocycles. The van der Waals surface area contributed by atoms with Gasteiger partial charge in [-0.1, -0.05) is 60.1 Å². The van der Waals surface area contributed by atoms with Gasteiger partial charge in [-0.25, -0.2) is 4.79 Å². The Labute approximate surface area is 137 Å². The third kappa shape index (κ3) is 2.32. The van der Waals surface area contributed by atoms with Crippen molar-refractivity contribution >= 4 is 34.3 Å². The van der Waals surface area contributed by atoms with Gasteiger partial charge >= 0.3 is 5.97 Å². The van der Waals surface area contributed by atoms with Crippen LogP contribution in [0.25, 0.3) is 10.9 Å². The van der Waals surface area contributed by atoms with E-state index < -0.39 is 16.6 Å². The summed E-state index contributed by atoms with van der Waals surface area (Å²) in [5.41, 5.74) is 1.85. The molecule has 1 aromatic heterocycles. The minimum Gasteiger partial charge on any atom is -0.479 e. The van der Waals surface area contributed by atoms with E-state index in [9.17, 15) is 14.7 Å². The summed E-state index contributed by atoms with van der Waals surface area (Å²) in [5.74, 6) is -2.04. The van der Waals surface area contributed by atoms with Crippen molar-refractivity contribution in [3.05, 3.63) is 71.4 Å². The van der Waals surface area contributed by atoms with Crippen LogP contribution < -0.4 is 0 Å². The summed E-state index contributed by atoms with van der Waals surface area (Å²) < 4.78 is 0. The van der Waals surface area contributed by atoms with Crippen molar-refractivity contribution in [2.45, 2.75) is 11.8 Å². The van der Waals surface area contributed by atoms with Crippen LogP contribution in [-0.2, 0) is 9.67 Å². The van der Waals surface area contributed by atoms with Gasteiger partial charge < -0.3 is 10.1 Å². The number of aromatic amines is 1. The standard InChI is InChI=1S/C18H14ClNO3/c1-11-15(13-9-5-6-10-14(13)20-11)18(19,17(22)23)16(21)12-7-3-2-4-8-12/h2-10,20H,1H3,(H,22,23). The number of aliphatic carboxylic acids is 1. The van der Waals surface area contributed by atoms with Crippen LogP contribution >= 0.6 is 11.6 Å². The summed E-state index contributed by atoms with van der Waals surface area (Å²) in [6.07, 6.45) is 0. The summed E-state index contributed by atoms with van der Waals surface area (Å²) in [6.45, 7) is 1.72. The SMILES string of the molecule is Cc1[nH]c2ccccc2c1C(Cl)(C(=O)O)C(=O)c1ccccc1. The molecule has 116 valence electrons. The Hall–Kier alpha value is -2.59. The lowest BCUT2D eigenvalue weighted by molar-refractivity contribution is -0.138. The Morgan fingerprint density at radius 1 is 1.04 bits per heavy atom. The first kappa shape index (κ1) is 15.3. The van der Waals surface area contributed by atoms with Gasteiger partial charge in [0.15, 0.2) is 5.78 Å². The molecule has 0 saturated carbocycles. The van der Waals surface area contributed by atoms with E-state index in [1.807, 2.05) is 12.1 Å². The number of aromatic nitrogens is 1. The lowest BCUT2D eigenvalue weighted by Gasteiger charge is -2.22. The van der Waals surface area contributed by atoms with Crippen LogP contribution in [0.15, 0.2) is 54.6 Å². The maximum atomic E-state index is 12.9. The highest BCUT2D eigenvalue weighted by Crippen LogP contribution is 2.40. The summed E-state index contributed by atoms with van der Waals surface area (Å²) in [7, 11) is 0. The van der Waals surface area contributed by atoms with E-state index in [0.717, 1.165) is 5.52 Å². The first-order valence-corrected chi connectivity index (χ1v) is 7.44. The number of rotatable bonds is 4. The molecular formula is C18H14ClNO3. The highest BCUT2D eigenvalue weighted by atomic mass is 35.5. The maximum Gasteiger partial charge on any atom is 0.337 e. The van der Waals surface area contributed by atoms with E-state index in [-0.39, 0.29) is 11.1 Å². The minimum absolute atomic E-state index is 0.259. The number of halogens is 1. The fourth-order valence-corrected chi connectivity index (χ4v) is 3.18. The summed E-state index contributed by atoms with van der Waals surface area (Å²) in [6, 6.07) is 15.4. The van der Waals surface area contributed by atoms with Crippen LogP contribution in [0.4, 0.5) is 0 Å². The number of carboxylic acid groups (broad SMARTS) is 1. The molecule has 4 nitrogen and oxygen atoms in total. The number of fused-ring (bicyclic) bond motifs is 1. The minimum atomic E-state index is -2.18. The molecule has 0 spiro atoms. The molecule has 1 atom stereocenters. The molecule has 0 fully saturated rings. The molecule has 1 heterocycles. The average molecular weight is 328 g/mol. The number of benzene rings is 2. The van der Waals surface area contributed by atoms with Crippen LogP contribution in [0, 0.1) is 6.92 Å². The molecule has 5 heteroatoms. The van der Waals surface area contributed by atoms with E-state index in [4.69, 9.17) is 11.6 Å². The number of hydrogen-bond donors (Lipinski definition) is 2. The van der Waals surface area contributed by atoms with Crippen LogP contribution in [0.1, 0.15) is 21.6 Å². The van der Waals surface area contributed by atoms with E-state index in [2.05, 4.69) is 4.98 Å². The second-order valence-corrected chi connectivity index (χ2v) is 5.90. The molecular weight excluding hydrogens is 314 g/mol. The molecule has 2 N–H and O–H groups in total. The third-order valence-corrected chi connectivity index (χ3v) is 4.40. The van der Waals surface area contributed by atoms with Gasteiger partial charge in [-0.3, -0.25) is 4.79 Å². The number of carbonyl (C=O) groups is 2. The largest absolute Gasteiger partial charge is 0.479 e. The molecule has 1 unspecified atom stereocenters. The Morgan fingerprint density at radius 2 is 1.65 bits per heavy atom. The molecule has 0 aliphatic rings. The van der Waals surface area contributed by atoms with Crippen molar-refractivity contribution in [1.82, 2.24) is 4.98 Å². The number of carboxylic acids is 1. The van der Waals surface area contributed by atoms with Gasteiger partial charge in [-0.15, -0.1) is 0 Å². The number of H-pyrrole nitrogens is 1. The Bertz CT molecular complexity index is 901. The number of para-hydroxylation sites is 1. The Kier molecular flexibility index (Phi) is 3.70. The molecule has 23 heavy (non-hydrogen) atoms. The smallest absolute Gasteiger partial charge is 0.337 e. The zero-order valence-electron chi connectivity index (χ0n) is 12.3. The molecule has 0 aliphatic carbocycles. The summed E-state index contributed by atoms with van der Waals surface area (Å²) in [5, 5.41) is 10.4. The van der Waals surface area contributed by atoms with Gasteiger partial charge in [0.1, 0.15) is 0 Å². The number of hydrogen-bond acceptors (Lipinski definition) is 2. The van der Waals surface area contributed by atoms with Gasteiger partial charge in [-0.2, -0.15) is 0 Å². The third-order valence-electron chi connectivity index (χ3n) is 3.88. The van der Waals surface area contributed by atoms with Gasteiger partial charge in [0.25, 0.3) is 0 Å². The van der Waals surface area contributed by atoms with E-state index >= 15 is 0 Å². The number of ketones is 1. The van der Waals surface area contributed by atoms with Crippen LogP contribution in [-0.4, -0.2) is 21.8 Å². The van der Waals surface area contributed by atoms with E-state index in [1.54, 1.807) is 49.4 Å². The first-order chi connectivity index (χ1) is 11.0. The van der Waals surface area contributed by atoms with Crippen molar-refractivity contribution in [2.24, 2.45) is 0 Å².